The first-order valence-corrected chi connectivity index (χ1v) is 13.1. The van der Waals surface area contributed by atoms with Crippen LogP contribution in [0.3, 0.4) is 0 Å². The van der Waals surface area contributed by atoms with Crippen LogP contribution >= 0.6 is 0 Å². The molecule has 0 radical (unpaired) electrons. The molecule has 1 atom stereocenters. The van der Waals surface area contributed by atoms with Gasteiger partial charge in [-0.2, -0.15) is 13.2 Å². The maximum atomic E-state index is 13.0. The second kappa shape index (κ2) is 11.3. The summed E-state index contributed by atoms with van der Waals surface area (Å²) in [5, 5.41) is 3.14. The highest BCUT2D eigenvalue weighted by Crippen LogP contribution is 2.30. The molecule has 0 spiro atoms. The number of hydrogen-bond donors (Lipinski definition) is 1. The van der Waals surface area contributed by atoms with Gasteiger partial charge in [0.15, 0.2) is 0 Å². The molecule has 6 nitrogen and oxygen atoms in total. The molecular weight excluding hydrogens is 479 g/mol. The molecule has 1 unspecified atom stereocenters. The van der Waals surface area contributed by atoms with E-state index in [0.29, 0.717) is 25.2 Å². The van der Waals surface area contributed by atoms with Crippen molar-refractivity contribution in [3.63, 3.8) is 0 Å². The molecule has 1 aromatic heterocycles. The number of halogens is 3. The Kier molecular flexibility index (Phi) is 8.31. The molecule has 0 aliphatic carbocycles. The summed E-state index contributed by atoms with van der Waals surface area (Å²) in [4.78, 5) is 23.2. The van der Waals surface area contributed by atoms with Crippen molar-refractivity contribution in [1.82, 2.24) is 14.8 Å². The van der Waals surface area contributed by atoms with Gasteiger partial charge >= 0.3 is 6.18 Å². The summed E-state index contributed by atoms with van der Waals surface area (Å²) in [5.41, 5.74) is 2.27. The van der Waals surface area contributed by atoms with Gasteiger partial charge in [0.2, 0.25) is 5.91 Å². The van der Waals surface area contributed by atoms with Crippen molar-refractivity contribution >= 4 is 17.3 Å². The number of hydrogen-bond acceptors (Lipinski definition) is 5. The SMILES string of the molecule is CC(C)(C)c1ccc(N2CCN(CCC(=O)N3CCCC(Nc4cncc(C(F)(F)F)c4)C3)CC2)cc1. The maximum absolute atomic E-state index is 13.0. The first kappa shape index (κ1) is 27.2. The number of alkyl halides is 3. The summed E-state index contributed by atoms with van der Waals surface area (Å²) in [6.07, 6.45) is -0.125. The molecule has 2 saturated heterocycles. The van der Waals surface area contributed by atoms with Crippen molar-refractivity contribution < 1.29 is 18.0 Å². The summed E-state index contributed by atoms with van der Waals surface area (Å²) in [6, 6.07) is 9.82. The summed E-state index contributed by atoms with van der Waals surface area (Å²) >= 11 is 0. The zero-order valence-corrected chi connectivity index (χ0v) is 22.0. The molecule has 1 N–H and O–H groups in total. The number of aromatic nitrogens is 1. The third kappa shape index (κ3) is 7.37. The van der Waals surface area contributed by atoms with E-state index >= 15 is 0 Å². The van der Waals surface area contributed by atoms with Gasteiger partial charge in [0, 0.05) is 76.4 Å². The van der Waals surface area contributed by atoms with Crippen LogP contribution in [-0.2, 0) is 16.4 Å². The van der Waals surface area contributed by atoms with E-state index in [2.05, 4.69) is 65.1 Å². The molecule has 9 heteroatoms. The quantitative estimate of drug-likeness (QED) is 0.584. The molecule has 4 rings (SSSR count). The highest BCUT2D eigenvalue weighted by Gasteiger charge is 2.31. The number of piperidine rings is 1. The van der Waals surface area contributed by atoms with Gasteiger partial charge in [-0.15, -0.1) is 0 Å². The van der Waals surface area contributed by atoms with E-state index in [0.717, 1.165) is 57.8 Å². The van der Waals surface area contributed by atoms with Gasteiger partial charge in [0.05, 0.1) is 11.3 Å². The van der Waals surface area contributed by atoms with Crippen molar-refractivity contribution in [2.45, 2.75) is 57.7 Å². The van der Waals surface area contributed by atoms with Crippen molar-refractivity contribution in [2.75, 3.05) is 56.0 Å². The molecule has 37 heavy (non-hydrogen) atoms. The molecule has 2 fully saturated rings. The standard InChI is InChI=1S/C28H38F3N5O/c1-27(2,3)21-6-8-25(9-7-21)35-15-13-34(14-16-35)12-10-26(37)36-11-4-5-23(20-36)33-24-17-22(18-32-19-24)28(29,30)31/h6-9,17-19,23,33H,4-5,10-16,20H2,1-3H3. The van der Waals surface area contributed by atoms with Crippen LogP contribution < -0.4 is 10.2 Å². The van der Waals surface area contributed by atoms with Crippen molar-refractivity contribution in [3.8, 4) is 0 Å². The largest absolute Gasteiger partial charge is 0.417 e. The number of benzene rings is 1. The maximum Gasteiger partial charge on any atom is 0.417 e. The molecule has 202 valence electrons. The summed E-state index contributed by atoms with van der Waals surface area (Å²) in [6.45, 7) is 12.3. The number of amides is 1. The van der Waals surface area contributed by atoms with Gasteiger partial charge in [-0.05, 0) is 42.0 Å². The lowest BCUT2D eigenvalue weighted by atomic mass is 9.87. The average Bonchev–Trinajstić information content (AvgIpc) is 2.87. The van der Waals surface area contributed by atoms with Gasteiger partial charge in [-0.1, -0.05) is 32.9 Å². The molecule has 2 aliphatic rings. The Morgan fingerprint density at radius 3 is 2.35 bits per heavy atom. The Balaban J connectivity index is 1.21. The predicted molar refractivity (Wildman–Crippen MR) is 141 cm³/mol. The fourth-order valence-corrected chi connectivity index (χ4v) is 5.04. The molecular formula is C28H38F3N5O. The molecule has 0 saturated carbocycles. The normalized spacial score (nSPS) is 19.7. The molecule has 1 aromatic carbocycles. The van der Waals surface area contributed by atoms with E-state index in [9.17, 15) is 18.0 Å². The van der Waals surface area contributed by atoms with Crippen LogP contribution in [0, 0.1) is 0 Å². The van der Waals surface area contributed by atoms with Gasteiger partial charge in [-0.25, -0.2) is 0 Å². The second-order valence-electron chi connectivity index (χ2n) is 11.2. The van der Waals surface area contributed by atoms with Crippen LogP contribution in [0.2, 0.25) is 0 Å². The van der Waals surface area contributed by atoms with Crippen LogP contribution in [0.25, 0.3) is 0 Å². The molecule has 1 amide bonds. The number of rotatable bonds is 6. The summed E-state index contributed by atoms with van der Waals surface area (Å²) in [7, 11) is 0. The molecule has 2 aromatic rings. The second-order valence-corrected chi connectivity index (χ2v) is 11.2. The van der Waals surface area contributed by atoms with Crippen LogP contribution in [0.5, 0.6) is 0 Å². The topological polar surface area (TPSA) is 51.7 Å². The summed E-state index contributed by atoms with van der Waals surface area (Å²) in [5.74, 6) is 0.105. The van der Waals surface area contributed by atoms with Crippen LogP contribution in [-0.4, -0.2) is 72.5 Å². The minimum Gasteiger partial charge on any atom is -0.379 e. The number of nitrogens with one attached hydrogen (secondary N) is 1. The predicted octanol–water partition coefficient (Wildman–Crippen LogP) is 5.01. The Morgan fingerprint density at radius 2 is 1.70 bits per heavy atom. The Hall–Kier alpha value is -2.81. The minimum absolute atomic E-state index is 0.0869. The van der Waals surface area contributed by atoms with Crippen molar-refractivity contribution in [2.24, 2.45) is 0 Å². The monoisotopic (exact) mass is 517 g/mol. The van der Waals surface area contributed by atoms with E-state index in [1.807, 2.05) is 4.90 Å². The fraction of sp³-hybridized carbons (Fsp3) is 0.571. The first-order valence-electron chi connectivity index (χ1n) is 13.1. The average molecular weight is 518 g/mol. The molecule has 2 aliphatic heterocycles. The Bertz CT molecular complexity index is 1040. The van der Waals surface area contributed by atoms with E-state index in [-0.39, 0.29) is 17.4 Å². The van der Waals surface area contributed by atoms with E-state index in [1.165, 1.54) is 17.4 Å². The molecule has 0 bridgehead atoms. The number of likely N-dealkylation sites (tertiary alicyclic amines) is 1. The number of carbonyl (C=O) groups is 1. The number of carbonyl (C=O) groups excluding carboxylic acids is 1. The third-order valence-corrected chi connectivity index (χ3v) is 7.32. The minimum atomic E-state index is -4.43. The third-order valence-electron chi connectivity index (χ3n) is 7.32. The lowest BCUT2D eigenvalue weighted by Crippen LogP contribution is -2.49. The zero-order chi connectivity index (χ0) is 26.6. The lowest BCUT2D eigenvalue weighted by molar-refractivity contribution is -0.137. The number of anilines is 2. The molecule has 3 heterocycles. The lowest BCUT2D eigenvalue weighted by Gasteiger charge is -2.37. The van der Waals surface area contributed by atoms with Gasteiger partial charge < -0.3 is 15.1 Å². The van der Waals surface area contributed by atoms with Gasteiger partial charge in [0.1, 0.15) is 0 Å². The summed E-state index contributed by atoms with van der Waals surface area (Å²) < 4.78 is 39.0. The van der Waals surface area contributed by atoms with Gasteiger partial charge in [-0.3, -0.25) is 14.7 Å². The Labute approximate surface area is 217 Å². The van der Waals surface area contributed by atoms with E-state index in [1.54, 1.807) is 0 Å². The first-order chi connectivity index (χ1) is 17.5. The smallest absolute Gasteiger partial charge is 0.379 e. The Morgan fingerprint density at radius 1 is 1.00 bits per heavy atom. The number of nitrogens with zero attached hydrogens (tertiary/aromatic N) is 4. The van der Waals surface area contributed by atoms with E-state index in [4.69, 9.17) is 0 Å². The number of piperazine rings is 1. The van der Waals surface area contributed by atoms with Crippen LogP contribution in [0.1, 0.15) is 51.2 Å². The van der Waals surface area contributed by atoms with Crippen molar-refractivity contribution in [3.05, 3.63) is 53.9 Å². The fourth-order valence-electron chi connectivity index (χ4n) is 5.04. The zero-order valence-electron chi connectivity index (χ0n) is 22.0. The highest BCUT2D eigenvalue weighted by atomic mass is 19.4. The van der Waals surface area contributed by atoms with Crippen LogP contribution in [0.4, 0.5) is 24.5 Å². The van der Waals surface area contributed by atoms with Crippen molar-refractivity contribution in [1.29, 1.82) is 0 Å². The number of pyridine rings is 1. The van der Waals surface area contributed by atoms with Gasteiger partial charge in [0.25, 0.3) is 0 Å². The van der Waals surface area contributed by atoms with E-state index < -0.39 is 11.7 Å². The van der Waals surface area contributed by atoms with Crippen LogP contribution in [0.15, 0.2) is 42.7 Å². The highest BCUT2D eigenvalue weighted by molar-refractivity contribution is 5.76.